The van der Waals surface area contributed by atoms with Gasteiger partial charge in [-0.2, -0.15) is 0 Å². The van der Waals surface area contributed by atoms with Crippen molar-refractivity contribution >= 4 is 68.1 Å². The van der Waals surface area contributed by atoms with E-state index in [4.69, 9.17) is 4.42 Å². The van der Waals surface area contributed by atoms with Crippen molar-refractivity contribution in [2.45, 2.75) is 175 Å². The Labute approximate surface area is 436 Å². The first-order valence-corrected chi connectivity index (χ1v) is 27.7. The predicted molar refractivity (Wildman–Crippen MR) is 313 cm³/mol. The number of rotatable bonds is 3. The third-order valence-corrected chi connectivity index (χ3v) is 19.8. The molecule has 0 saturated heterocycles. The van der Waals surface area contributed by atoms with Crippen LogP contribution in [0.15, 0.2) is 114 Å². The van der Waals surface area contributed by atoms with Crippen LogP contribution in [0.25, 0.3) is 44.2 Å². The number of aryl methyl sites for hydroxylation is 3. The number of fused-ring (bicyclic) bond motifs is 11. The number of hydrogen-bond donors (Lipinski definition) is 0. The van der Waals surface area contributed by atoms with Crippen molar-refractivity contribution in [2.24, 2.45) is 0 Å². The van der Waals surface area contributed by atoms with Crippen molar-refractivity contribution in [3.05, 3.63) is 159 Å². The first-order chi connectivity index (χ1) is 34.4. The minimum atomic E-state index is -0.177. The van der Waals surface area contributed by atoms with Crippen molar-refractivity contribution in [3.63, 3.8) is 0 Å². The van der Waals surface area contributed by atoms with Crippen LogP contribution in [0.3, 0.4) is 0 Å². The van der Waals surface area contributed by atoms with Crippen LogP contribution in [0, 0.1) is 20.8 Å². The van der Waals surface area contributed by atoms with Gasteiger partial charge >= 0.3 is 6.85 Å². The number of nitrogens with zero attached hydrogens (tertiary/aromatic N) is 2. The molecule has 0 radical (unpaired) electrons. The Morgan fingerprint density at radius 2 is 0.959 bits per heavy atom. The summed E-state index contributed by atoms with van der Waals surface area (Å²) in [5, 5.41) is 2.38. The molecular weight excluding hydrogens is 884 g/mol. The molecule has 7 aromatic carbocycles. The quantitative estimate of drug-likeness (QED) is 0.165. The molecule has 370 valence electrons. The highest BCUT2D eigenvalue weighted by Crippen LogP contribution is 2.57. The van der Waals surface area contributed by atoms with Crippen LogP contribution in [-0.2, 0) is 32.5 Å². The summed E-state index contributed by atoms with van der Waals surface area (Å²) < 4.78 is 6.96. The summed E-state index contributed by atoms with van der Waals surface area (Å²) in [6.45, 7) is 36.5. The molecule has 2 aliphatic heterocycles. The fraction of sp³-hybridized carbons (Fsp3) is 0.391. The Kier molecular flexibility index (Phi) is 9.66. The van der Waals surface area contributed by atoms with Gasteiger partial charge in [-0.25, -0.2) is 0 Å². The molecule has 0 atom stereocenters. The molecule has 0 saturated carbocycles. The van der Waals surface area contributed by atoms with E-state index >= 15 is 0 Å². The fourth-order valence-corrected chi connectivity index (χ4v) is 15.0. The van der Waals surface area contributed by atoms with Gasteiger partial charge in [0, 0.05) is 44.8 Å². The number of benzene rings is 7. The van der Waals surface area contributed by atoms with Crippen molar-refractivity contribution in [3.8, 4) is 22.3 Å². The molecule has 0 bridgehead atoms. The monoisotopic (exact) mass is 959 g/mol. The van der Waals surface area contributed by atoms with Crippen LogP contribution >= 0.6 is 0 Å². The molecule has 0 fully saturated rings. The fourth-order valence-electron chi connectivity index (χ4n) is 15.0. The molecule has 4 heteroatoms. The molecule has 0 unspecified atom stereocenters. The standard InChI is InChI=1S/C69H75BN2O/c1-40-19-18-20-41(2)60(40)43-34-47-46-37-51-53(69(14,15)32-30-67(51,10)11)39-56(46)72(44-23-24-48-50(36-44)66(8,9)28-27-64(48,4)5)70-62(47)57(35-43)71(54-25-26-59-61(63(54)70)45-21-16-17-22-58(45)73-59)55-38-52-49(33-42(55)3)65(6,7)29-31-68(52,12)13/h16-26,33-39H,27-32H2,1-15H3. The molecule has 0 spiro atoms. The molecule has 5 aliphatic rings. The Bertz CT molecular complexity index is 3680. The minimum absolute atomic E-state index is 0.0145. The molecule has 73 heavy (non-hydrogen) atoms. The molecule has 0 N–H and O–H groups in total. The largest absolute Gasteiger partial charge is 0.456 e. The number of furan rings is 1. The summed E-state index contributed by atoms with van der Waals surface area (Å²) in [5.41, 5.74) is 29.3. The van der Waals surface area contributed by atoms with Crippen LogP contribution in [0.1, 0.15) is 172 Å². The van der Waals surface area contributed by atoms with Crippen LogP contribution in [-0.4, -0.2) is 6.85 Å². The van der Waals surface area contributed by atoms with Crippen LogP contribution < -0.4 is 20.6 Å². The first-order valence-electron chi connectivity index (χ1n) is 27.7. The smallest absolute Gasteiger partial charge is 0.333 e. The minimum Gasteiger partial charge on any atom is -0.456 e. The normalized spacial score (nSPS) is 20.0. The maximum Gasteiger partial charge on any atom is 0.333 e. The molecule has 1 aromatic heterocycles. The van der Waals surface area contributed by atoms with Crippen LogP contribution in [0.4, 0.5) is 28.4 Å². The maximum atomic E-state index is 6.96. The lowest BCUT2D eigenvalue weighted by Crippen LogP contribution is -2.62. The van der Waals surface area contributed by atoms with Gasteiger partial charge in [-0.05, 0) is 230 Å². The highest BCUT2D eigenvalue weighted by Gasteiger charge is 2.50. The maximum absolute atomic E-state index is 6.96. The zero-order chi connectivity index (χ0) is 51.3. The molecule has 8 aromatic rings. The summed E-state index contributed by atoms with van der Waals surface area (Å²) in [5.74, 6) is 0. The highest BCUT2D eigenvalue weighted by molar-refractivity contribution is 6.95. The van der Waals surface area contributed by atoms with E-state index in [2.05, 4.69) is 223 Å². The van der Waals surface area contributed by atoms with Crippen molar-refractivity contribution < 1.29 is 4.42 Å². The zero-order valence-corrected chi connectivity index (χ0v) is 46.5. The molecule has 13 rings (SSSR count). The Balaban J connectivity index is 1.23. The van der Waals surface area contributed by atoms with Gasteiger partial charge in [0.1, 0.15) is 11.2 Å². The summed E-state index contributed by atoms with van der Waals surface area (Å²) in [6, 6.07) is 43.6. The number of para-hydroxylation sites is 1. The molecule has 3 aliphatic carbocycles. The Hall–Kier alpha value is -6.00. The summed E-state index contributed by atoms with van der Waals surface area (Å²) in [4.78, 5) is 5.53. The summed E-state index contributed by atoms with van der Waals surface area (Å²) in [6.07, 6.45) is 7.00. The first kappa shape index (κ1) is 46.8. The van der Waals surface area contributed by atoms with E-state index in [1.807, 2.05) is 0 Å². The lowest BCUT2D eigenvalue weighted by molar-refractivity contribution is 0.332. The van der Waals surface area contributed by atoms with E-state index in [9.17, 15) is 0 Å². The molecule has 3 nitrogen and oxygen atoms in total. The second-order valence-corrected chi connectivity index (χ2v) is 27.4. The van der Waals surface area contributed by atoms with E-state index in [1.165, 1.54) is 135 Å². The van der Waals surface area contributed by atoms with Gasteiger partial charge < -0.3 is 14.1 Å². The van der Waals surface area contributed by atoms with Crippen molar-refractivity contribution in [1.29, 1.82) is 0 Å². The molecule has 0 amide bonds. The molecular formula is C69H75BN2O. The number of hydrogen-bond acceptors (Lipinski definition) is 3. The summed E-state index contributed by atoms with van der Waals surface area (Å²) in [7, 11) is 0. The Morgan fingerprint density at radius 1 is 0.411 bits per heavy atom. The van der Waals surface area contributed by atoms with E-state index in [0.29, 0.717) is 0 Å². The average Bonchev–Trinajstić information content (AvgIpc) is 3.74. The van der Waals surface area contributed by atoms with Gasteiger partial charge in [-0.15, -0.1) is 0 Å². The van der Waals surface area contributed by atoms with Crippen molar-refractivity contribution in [2.75, 3.05) is 9.71 Å². The topological polar surface area (TPSA) is 19.6 Å². The van der Waals surface area contributed by atoms with Gasteiger partial charge in [0.25, 0.3) is 0 Å². The van der Waals surface area contributed by atoms with Gasteiger partial charge in [-0.1, -0.05) is 132 Å². The third kappa shape index (κ3) is 6.63. The van der Waals surface area contributed by atoms with Crippen LogP contribution in [0.2, 0.25) is 0 Å². The highest BCUT2D eigenvalue weighted by atomic mass is 16.3. The number of anilines is 5. The van der Waals surface area contributed by atoms with Crippen LogP contribution in [0.5, 0.6) is 0 Å². The Morgan fingerprint density at radius 3 is 1.59 bits per heavy atom. The van der Waals surface area contributed by atoms with E-state index in [0.717, 1.165) is 36.8 Å². The van der Waals surface area contributed by atoms with Crippen molar-refractivity contribution in [1.82, 2.24) is 0 Å². The second kappa shape index (κ2) is 15.1. The SMILES string of the molecule is Cc1cc2c(cc1N1c3cc(-c4c(C)cccc4C)cc4c3B(c3c1ccc1oc5ccccc5c31)N(c1ccc3c(c1)C(C)(C)CCC3(C)C)c1cc3c(cc1-4)C(C)(C)CCC3(C)C)C(C)(C)CCC2(C)C. The molecule has 3 heterocycles. The second-order valence-electron chi connectivity index (χ2n) is 27.4. The van der Waals surface area contributed by atoms with Gasteiger partial charge in [0.05, 0.1) is 0 Å². The van der Waals surface area contributed by atoms with E-state index in [1.54, 1.807) is 0 Å². The van der Waals surface area contributed by atoms with Gasteiger partial charge in [0.15, 0.2) is 0 Å². The predicted octanol–water partition coefficient (Wildman–Crippen LogP) is 17.9. The lowest BCUT2D eigenvalue weighted by Gasteiger charge is -2.49. The average molecular weight is 959 g/mol. The lowest BCUT2D eigenvalue weighted by atomic mass is 9.42. The van der Waals surface area contributed by atoms with Gasteiger partial charge in [0.2, 0.25) is 0 Å². The zero-order valence-electron chi connectivity index (χ0n) is 46.5. The summed E-state index contributed by atoms with van der Waals surface area (Å²) >= 11 is 0. The van der Waals surface area contributed by atoms with E-state index in [-0.39, 0.29) is 39.3 Å². The van der Waals surface area contributed by atoms with E-state index < -0.39 is 0 Å². The van der Waals surface area contributed by atoms with Gasteiger partial charge in [-0.3, -0.25) is 0 Å². The third-order valence-electron chi connectivity index (χ3n) is 19.8.